The molecule has 0 heterocycles. The maximum absolute atomic E-state index is 2.46. The standard InChI is InChI=1S/C12H24/c1-5-10-8-11(10)9-12(4,6-2)7-3/h10-11H,5-9H2,1-4H3. The normalized spacial score (nSPS) is 29.0. The fourth-order valence-electron chi connectivity index (χ4n) is 2.23. The van der Waals surface area contributed by atoms with Gasteiger partial charge in [-0.05, 0) is 30.1 Å². The molecule has 1 aliphatic carbocycles. The molecule has 12 heavy (non-hydrogen) atoms. The van der Waals surface area contributed by atoms with Crippen LogP contribution in [0.5, 0.6) is 0 Å². The Balaban J connectivity index is 2.30. The maximum atomic E-state index is 2.46. The van der Waals surface area contributed by atoms with Crippen LogP contribution in [-0.4, -0.2) is 0 Å². The Morgan fingerprint density at radius 1 is 1.08 bits per heavy atom. The van der Waals surface area contributed by atoms with E-state index >= 15 is 0 Å². The molecule has 2 atom stereocenters. The Morgan fingerprint density at radius 3 is 2.00 bits per heavy atom. The third-order valence-corrected chi connectivity index (χ3v) is 4.06. The number of hydrogen-bond acceptors (Lipinski definition) is 0. The molecule has 0 radical (unpaired) electrons. The molecule has 0 bridgehead atoms. The minimum absolute atomic E-state index is 0.647. The van der Waals surface area contributed by atoms with E-state index in [0.717, 1.165) is 11.8 Å². The van der Waals surface area contributed by atoms with Crippen molar-refractivity contribution in [2.45, 2.75) is 59.8 Å². The predicted octanol–water partition coefficient (Wildman–Crippen LogP) is 4.25. The first kappa shape index (κ1) is 10.1. The molecule has 0 amide bonds. The molecule has 0 saturated heterocycles. The van der Waals surface area contributed by atoms with E-state index in [1.54, 1.807) is 0 Å². The molecule has 0 spiro atoms. The van der Waals surface area contributed by atoms with Crippen molar-refractivity contribution >= 4 is 0 Å². The van der Waals surface area contributed by atoms with Crippen LogP contribution in [0.4, 0.5) is 0 Å². The zero-order valence-electron chi connectivity index (χ0n) is 9.19. The van der Waals surface area contributed by atoms with Gasteiger partial charge in [-0.1, -0.05) is 47.0 Å². The largest absolute Gasteiger partial charge is 0.0651 e. The summed E-state index contributed by atoms with van der Waals surface area (Å²) in [6, 6.07) is 0. The Hall–Kier alpha value is 0. The van der Waals surface area contributed by atoms with E-state index in [-0.39, 0.29) is 0 Å². The lowest BCUT2D eigenvalue weighted by Crippen LogP contribution is -2.14. The molecule has 0 aromatic heterocycles. The van der Waals surface area contributed by atoms with Crippen LogP contribution in [0.15, 0.2) is 0 Å². The fraction of sp³-hybridized carbons (Fsp3) is 1.00. The van der Waals surface area contributed by atoms with Gasteiger partial charge in [-0.3, -0.25) is 0 Å². The van der Waals surface area contributed by atoms with Gasteiger partial charge >= 0.3 is 0 Å². The van der Waals surface area contributed by atoms with Crippen LogP contribution < -0.4 is 0 Å². The molecule has 0 nitrogen and oxygen atoms in total. The van der Waals surface area contributed by atoms with Crippen molar-refractivity contribution in [3.05, 3.63) is 0 Å². The van der Waals surface area contributed by atoms with Crippen molar-refractivity contribution in [2.75, 3.05) is 0 Å². The molecule has 0 heteroatoms. The molecule has 1 rings (SSSR count). The second-order valence-electron chi connectivity index (χ2n) is 4.89. The van der Waals surface area contributed by atoms with Crippen LogP contribution in [0.25, 0.3) is 0 Å². The van der Waals surface area contributed by atoms with E-state index in [1.807, 2.05) is 0 Å². The van der Waals surface area contributed by atoms with Crippen molar-refractivity contribution in [2.24, 2.45) is 17.3 Å². The highest BCUT2D eigenvalue weighted by Crippen LogP contribution is 2.49. The summed E-state index contributed by atoms with van der Waals surface area (Å²) in [5.74, 6) is 2.17. The Morgan fingerprint density at radius 2 is 1.67 bits per heavy atom. The lowest BCUT2D eigenvalue weighted by molar-refractivity contribution is 0.251. The lowest BCUT2D eigenvalue weighted by atomic mass is 9.79. The molecule has 1 saturated carbocycles. The van der Waals surface area contributed by atoms with Crippen LogP contribution in [0.2, 0.25) is 0 Å². The van der Waals surface area contributed by atoms with Crippen LogP contribution in [-0.2, 0) is 0 Å². The van der Waals surface area contributed by atoms with E-state index in [1.165, 1.54) is 32.1 Å². The smallest absolute Gasteiger partial charge is 0.0328 e. The molecule has 0 aliphatic heterocycles. The monoisotopic (exact) mass is 168 g/mol. The van der Waals surface area contributed by atoms with Crippen molar-refractivity contribution in [3.8, 4) is 0 Å². The molecule has 72 valence electrons. The third kappa shape index (κ3) is 2.24. The van der Waals surface area contributed by atoms with Gasteiger partial charge < -0.3 is 0 Å². The molecule has 0 aromatic rings. The van der Waals surface area contributed by atoms with Crippen LogP contribution in [0.1, 0.15) is 59.8 Å². The van der Waals surface area contributed by atoms with E-state index < -0.39 is 0 Å². The molecule has 0 N–H and O–H groups in total. The summed E-state index contributed by atoms with van der Waals surface area (Å²) >= 11 is 0. The van der Waals surface area contributed by atoms with Crippen LogP contribution in [0.3, 0.4) is 0 Å². The summed E-state index contributed by atoms with van der Waals surface area (Å²) in [7, 11) is 0. The average molecular weight is 168 g/mol. The zero-order valence-corrected chi connectivity index (χ0v) is 9.19. The Labute approximate surface area is 77.7 Å². The highest BCUT2D eigenvalue weighted by molar-refractivity contribution is 4.89. The van der Waals surface area contributed by atoms with Gasteiger partial charge in [0.2, 0.25) is 0 Å². The maximum Gasteiger partial charge on any atom is -0.0328 e. The summed E-state index contributed by atoms with van der Waals surface area (Å²) in [6.07, 6.45) is 7.13. The van der Waals surface area contributed by atoms with Gasteiger partial charge in [0, 0.05) is 0 Å². The molecule has 2 unspecified atom stereocenters. The second kappa shape index (κ2) is 3.81. The first-order valence-corrected chi connectivity index (χ1v) is 5.65. The Bertz CT molecular complexity index is 133. The number of hydrogen-bond donors (Lipinski definition) is 0. The van der Waals surface area contributed by atoms with E-state index in [9.17, 15) is 0 Å². The molecule has 1 aliphatic rings. The first-order chi connectivity index (χ1) is 5.65. The predicted molar refractivity (Wildman–Crippen MR) is 55.2 cm³/mol. The minimum Gasteiger partial charge on any atom is -0.0651 e. The van der Waals surface area contributed by atoms with Gasteiger partial charge in [0.15, 0.2) is 0 Å². The summed E-state index contributed by atoms with van der Waals surface area (Å²) < 4.78 is 0. The van der Waals surface area contributed by atoms with Gasteiger partial charge in [0.05, 0.1) is 0 Å². The summed E-state index contributed by atoms with van der Waals surface area (Å²) in [4.78, 5) is 0. The van der Waals surface area contributed by atoms with E-state index in [2.05, 4.69) is 27.7 Å². The topological polar surface area (TPSA) is 0 Å². The summed E-state index contributed by atoms with van der Waals surface area (Å²) in [6.45, 7) is 9.47. The van der Waals surface area contributed by atoms with Crippen LogP contribution >= 0.6 is 0 Å². The van der Waals surface area contributed by atoms with Crippen molar-refractivity contribution in [1.29, 1.82) is 0 Å². The molecular formula is C12H24. The van der Waals surface area contributed by atoms with Crippen molar-refractivity contribution in [1.82, 2.24) is 0 Å². The number of rotatable bonds is 5. The molecular weight excluding hydrogens is 144 g/mol. The average Bonchev–Trinajstić information content (AvgIpc) is 2.83. The van der Waals surface area contributed by atoms with Crippen molar-refractivity contribution < 1.29 is 0 Å². The highest BCUT2D eigenvalue weighted by Gasteiger charge is 2.39. The SMILES string of the molecule is CCC1CC1CC(C)(CC)CC. The lowest BCUT2D eigenvalue weighted by Gasteiger charge is -2.26. The zero-order chi connectivity index (χ0) is 9.19. The fourth-order valence-corrected chi connectivity index (χ4v) is 2.23. The first-order valence-electron chi connectivity index (χ1n) is 5.65. The van der Waals surface area contributed by atoms with E-state index in [4.69, 9.17) is 0 Å². The van der Waals surface area contributed by atoms with Gasteiger partial charge in [0.25, 0.3) is 0 Å². The van der Waals surface area contributed by atoms with Crippen molar-refractivity contribution in [3.63, 3.8) is 0 Å². The van der Waals surface area contributed by atoms with Gasteiger partial charge in [0.1, 0.15) is 0 Å². The van der Waals surface area contributed by atoms with Crippen LogP contribution in [0, 0.1) is 17.3 Å². The van der Waals surface area contributed by atoms with E-state index in [0.29, 0.717) is 5.41 Å². The summed E-state index contributed by atoms with van der Waals surface area (Å²) in [5, 5.41) is 0. The Kier molecular flexibility index (Phi) is 3.20. The third-order valence-electron chi connectivity index (χ3n) is 4.06. The highest BCUT2D eigenvalue weighted by atomic mass is 14.4. The second-order valence-corrected chi connectivity index (χ2v) is 4.89. The van der Waals surface area contributed by atoms with Gasteiger partial charge in [-0.25, -0.2) is 0 Å². The summed E-state index contributed by atoms with van der Waals surface area (Å²) in [5.41, 5.74) is 0.647. The van der Waals surface area contributed by atoms with Gasteiger partial charge in [-0.2, -0.15) is 0 Å². The molecule has 0 aromatic carbocycles. The minimum atomic E-state index is 0.647. The van der Waals surface area contributed by atoms with Gasteiger partial charge in [-0.15, -0.1) is 0 Å². The molecule has 1 fully saturated rings. The quantitative estimate of drug-likeness (QED) is 0.575.